The first kappa shape index (κ1) is 12.0. The molecular weight excluding hydrogens is 240 g/mol. The fraction of sp³-hybridized carbons (Fsp3) is 0.462. The number of nitrogens with one attached hydrogen (secondary N) is 1. The number of fused-ring (bicyclic) bond motifs is 1. The van der Waals surface area contributed by atoms with E-state index in [0.717, 1.165) is 29.9 Å². The molecule has 0 bridgehead atoms. The van der Waals surface area contributed by atoms with Crippen LogP contribution < -0.4 is 10.2 Å². The summed E-state index contributed by atoms with van der Waals surface area (Å²) in [6, 6.07) is 0. The van der Waals surface area contributed by atoms with Gasteiger partial charge in [-0.2, -0.15) is 15.1 Å². The minimum absolute atomic E-state index is 0.637. The average molecular weight is 258 g/mol. The molecular formula is C13H18N6. The SMILES string of the molecule is C=CCNc1nc(N2CCCC2)c2cnn(C)c2n1. The minimum atomic E-state index is 0.637. The second-order valence-corrected chi connectivity index (χ2v) is 4.74. The summed E-state index contributed by atoms with van der Waals surface area (Å²) in [5, 5.41) is 8.47. The van der Waals surface area contributed by atoms with Crippen molar-refractivity contribution >= 4 is 22.8 Å². The van der Waals surface area contributed by atoms with Crippen LogP contribution in [0.2, 0.25) is 0 Å². The summed E-state index contributed by atoms with van der Waals surface area (Å²) in [4.78, 5) is 11.5. The predicted molar refractivity (Wildman–Crippen MR) is 76.4 cm³/mol. The molecule has 3 rings (SSSR count). The van der Waals surface area contributed by atoms with E-state index in [2.05, 4.69) is 31.9 Å². The third-order valence-corrected chi connectivity index (χ3v) is 3.38. The van der Waals surface area contributed by atoms with Crippen molar-refractivity contribution in [2.24, 2.45) is 7.05 Å². The molecule has 0 atom stereocenters. The number of hydrogen-bond acceptors (Lipinski definition) is 5. The lowest BCUT2D eigenvalue weighted by Gasteiger charge is -2.18. The number of rotatable bonds is 4. The van der Waals surface area contributed by atoms with Gasteiger partial charge in [0.2, 0.25) is 5.95 Å². The van der Waals surface area contributed by atoms with Crippen molar-refractivity contribution in [2.75, 3.05) is 29.9 Å². The number of anilines is 2. The van der Waals surface area contributed by atoms with Crippen LogP contribution in [0.3, 0.4) is 0 Å². The molecule has 1 fully saturated rings. The van der Waals surface area contributed by atoms with E-state index in [1.165, 1.54) is 12.8 Å². The van der Waals surface area contributed by atoms with Gasteiger partial charge in [-0.15, -0.1) is 6.58 Å². The van der Waals surface area contributed by atoms with Crippen molar-refractivity contribution in [1.29, 1.82) is 0 Å². The number of aromatic nitrogens is 4. The molecule has 100 valence electrons. The molecule has 19 heavy (non-hydrogen) atoms. The van der Waals surface area contributed by atoms with Crippen LogP contribution in [0.25, 0.3) is 11.0 Å². The molecule has 1 aliphatic rings. The van der Waals surface area contributed by atoms with Crippen molar-refractivity contribution < 1.29 is 0 Å². The summed E-state index contributed by atoms with van der Waals surface area (Å²) in [6.07, 6.45) is 6.09. The quantitative estimate of drug-likeness (QED) is 0.843. The number of nitrogens with zero attached hydrogens (tertiary/aromatic N) is 5. The largest absolute Gasteiger partial charge is 0.356 e. The van der Waals surface area contributed by atoms with Gasteiger partial charge in [-0.25, -0.2) is 0 Å². The van der Waals surface area contributed by atoms with Crippen LogP contribution in [-0.4, -0.2) is 39.4 Å². The van der Waals surface area contributed by atoms with Crippen molar-refractivity contribution in [2.45, 2.75) is 12.8 Å². The van der Waals surface area contributed by atoms with Crippen LogP contribution in [0.4, 0.5) is 11.8 Å². The van der Waals surface area contributed by atoms with Crippen molar-refractivity contribution in [3.63, 3.8) is 0 Å². The van der Waals surface area contributed by atoms with Crippen LogP contribution in [0, 0.1) is 0 Å². The Hall–Kier alpha value is -2.11. The van der Waals surface area contributed by atoms with Gasteiger partial charge in [0.15, 0.2) is 5.65 Å². The Morgan fingerprint density at radius 1 is 1.37 bits per heavy atom. The molecule has 6 heteroatoms. The Balaban J connectivity index is 2.08. The molecule has 1 N–H and O–H groups in total. The normalized spacial score (nSPS) is 15.1. The van der Waals surface area contributed by atoms with Gasteiger partial charge in [0.1, 0.15) is 5.82 Å². The predicted octanol–water partition coefficient (Wildman–Crippen LogP) is 1.56. The number of hydrogen-bond donors (Lipinski definition) is 1. The van der Waals surface area contributed by atoms with E-state index < -0.39 is 0 Å². The third kappa shape index (κ3) is 2.14. The highest BCUT2D eigenvalue weighted by atomic mass is 15.3. The Morgan fingerprint density at radius 2 is 2.16 bits per heavy atom. The molecule has 0 unspecified atom stereocenters. The lowest BCUT2D eigenvalue weighted by molar-refractivity contribution is 0.785. The van der Waals surface area contributed by atoms with E-state index in [1.807, 2.05) is 13.2 Å². The maximum Gasteiger partial charge on any atom is 0.226 e. The van der Waals surface area contributed by atoms with Gasteiger partial charge in [0.25, 0.3) is 0 Å². The van der Waals surface area contributed by atoms with E-state index in [0.29, 0.717) is 12.5 Å². The summed E-state index contributed by atoms with van der Waals surface area (Å²) in [6.45, 7) is 6.47. The number of aryl methyl sites for hydroxylation is 1. The maximum atomic E-state index is 4.64. The first-order valence-electron chi connectivity index (χ1n) is 6.59. The fourth-order valence-electron chi connectivity index (χ4n) is 2.42. The molecule has 0 amide bonds. The van der Waals surface area contributed by atoms with E-state index in [9.17, 15) is 0 Å². The summed E-state index contributed by atoms with van der Waals surface area (Å²) < 4.78 is 1.79. The van der Waals surface area contributed by atoms with Gasteiger partial charge in [-0.1, -0.05) is 6.08 Å². The van der Waals surface area contributed by atoms with Gasteiger partial charge >= 0.3 is 0 Å². The van der Waals surface area contributed by atoms with Crippen LogP contribution in [0.15, 0.2) is 18.9 Å². The van der Waals surface area contributed by atoms with E-state index in [-0.39, 0.29) is 0 Å². The van der Waals surface area contributed by atoms with E-state index >= 15 is 0 Å². The zero-order valence-electron chi connectivity index (χ0n) is 11.1. The van der Waals surface area contributed by atoms with Crippen molar-refractivity contribution in [1.82, 2.24) is 19.7 Å². The minimum Gasteiger partial charge on any atom is -0.356 e. The molecule has 0 aliphatic carbocycles. The second kappa shape index (κ2) is 4.87. The summed E-state index contributed by atoms with van der Waals surface area (Å²) in [5.74, 6) is 1.63. The lowest BCUT2D eigenvalue weighted by Crippen LogP contribution is -2.20. The van der Waals surface area contributed by atoms with Gasteiger partial charge < -0.3 is 10.2 Å². The Morgan fingerprint density at radius 3 is 2.89 bits per heavy atom. The zero-order chi connectivity index (χ0) is 13.2. The highest BCUT2D eigenvalue weighted by molar-refractivity contribution is 5.88. The molecule has 0 spiro atoms. The zero-order valence-corrected chi connectivity index (χ0v) is 11.1. The molecule has 1 aliphatic heterocycles. The van der Waals surface area contributed by atoms with E-state index in [4.69, 9.17) is 0 Å². The Labute approximate surface area is 112 Å². The van der Waals surface area contributed by atoms with Crippen LogP contribution in [0.1, 0.15) is 12.8 Å². The third-order valence-electron chi connectivity index (χ3n) is 3.38. The topological polar surface area (TPSA) is 58.9 Å². The van der Waals surface area contributed by atoms with Crippen molar-refractivity contribution in [3.05, 3.63) is 18.9 Å². The van der Waals surface area contributed by atoms with Crippen molar-refractivity contribution in [3.8, 4) is 0 Å². The highest BCUT2D eigenvalue weighted by Gasteiger charge is 2.19. The molecule has 1 saturated heterocycles. The standard InChI is InChI=1S/C13H18N6/c1-3-6-14-13-16-11-10(9-15-18(11)2)12(17-13)19-7-4-5-8-19/h3,9H,1,4-8H2,2H3,(H,14,16,17). The first-order valence-corrected chi connectivity index (χ1v) is 6.59. The molecule has 0 radical (unpaired) electrons. The first-order chi connectivity index (χ1) is 9.29. The van der Waals surface area contributed by atoms with Gasteiger partial charge in [0, 0.05) is 26.7 Å². The molecule has 0 aromatic carbocycles. The van der Waals surface area contributed by atoms with Crippen LogP contribution in [-0.2, 0) is 7.05 Å². The summed E-state index contributed by atoms with van der Waals surface area (Å²) in [5.41, 5.74) is 0.864. The summed E-state index contributed by atoms with van der Waals surface area (Å²) in [7, 11) is 1.90. The summed E-state index contributed by atoms with van der Waals surface area (Å²) >= 11 is 0. The van der Waals surface area contributed by atoms with Gasteiger partial charge in [-0.3, -0.25) is 4.68 Å². The fourth-order valence-corrected chi connectivity index (χ4v) is 2.42. The maximum absolute atomic E-state index is 4.64. The van der Waals surface area contributed by atoms with Gasteiger partial charge in [0.05, 0.1) is 11.6 Å². The van der Waals surface area contributed by atoms with E-state index in [1.54, 1.807) is 10.8 Å². The van der Waals surface area contributed by atoms with Crippen LogP contribution >= 0.6 is 0 Å². The Bertz CT molecular complexity index is 596. The molecule has 2 aromatic rings. The monoisotopic (exact) mass is 258 g/mol. The molecule has 3 heterocycles. The molecule has 6 nitrogen and oxygen atoms in total. The van der Waals surface area contributed by atoms with Crippen LogP contribution in [0.5, 0.6) is 0 Å². The average Bonchev–Trinajstić information content (AvgIpc) is 3.06. The lowest BCUT2D eigenvalue weighted by atomic mass is 10.3. The molecule has 2 aromatic heterocycles. The van der Waals surface area contributed by atoms with Gasteiger partial charge in [-0.05, 0) is 12.8 Å². The molecule has 0 saturated carbocycles. The highest BCUT2D eigenvalue weighted by Crippen LogP contribution is 2.27. The smallest absolute Gasteiger partial charge is 0.226 e. The second-order valence-electron chi connectivity index (χ2n) is 4.74. The Kier molecular flexibility index (Phi) is 3.06.